The Labute approximate surface area is 234 Å². The van der Waals surface area contributed by atoms with E-state index in [0.29, 0.717) is 22.1 Å². The third kappa shape index (κ3) is 5.24. The maximum atomic E-state index is 14.4. The molecule has 9 nitrogen and oxygen atoms in total. The second-order valence-electron chi connectivity index (χ2n) is 10.8. The van der Waals surface area contributed by atoms with Crippen LogP contribution in [0.25, 0.3) is 20.8 Å². The molecule has 1 aromatic carbocycles. The molecule has 212 valence electrons. The van der Waals surface area contributed by atoms with Crippen molar-refractivity contribution in [2.45, 2.75) is 70.9 Å². The zero-order valence-corrected chi connectivity index (χ0v) is 23.6. The highest BCUT2D eigenvalue weighted by molar-refractivity contribution is 7.21. The van der Waals surface area contributed by atoms with Crippen LogP contribution in [0.15, 0.2) is 30.5 Å². The van der Waals surface area contributed by atoms with Crippen LogP contribution in [-0.4, -0.2) is 59.1 Å². The molecule has 0 spiro atoms. The lowest BCUT2D eigenvalue weighted by atomic mass is 9.88. The van der Waals surface area contributed by atoms with Gasteiger partial charge in [-0.3, -0.25) is 4.98 Å². The van der Waals surface area contributed by atoms with Crippen LogP contribution in [-0.2, 0) is 0 Å². The summed E-state index contributed by atoms with van der Waals surface area (Å²) in [6.45, 7) is 8.45. The zero-order chi connectivity index (χ0) is 28.9. The first-order chi connectivity index (χ1) is 18.8. The highest BCUT2D eigenvalue weighted by atomic mass is 32.1. The molecule has 0 bridgehead atoms. The van der Waals surface area contributed by atoms with Gasteiger partial charge >= 0.3 is 0 Å². The number of aliphatic hydroxyl groups is 3. The lowest BCUT2D eigenvalue weighted by Gasteiger charge is -2.28. The fraction of sp³-hybridized carbons (Fsp3) is 0.429. The van der Waals surface area contributed by atoms with E-state index in [1.165, 1.54) is 29.5 Å². The summed E-state index contributed by atoms with van der Waals surface area (Å²) in [6.07, 6.45) is -0.340. The zero-order valence-electron chi connectivity index (χ0n) is 22.8. The van der Waals surface area contributed by atoms with Crippen molar-refractivity contribution in [2.24, 2.45) is 5.92 Å². The molecule has 1 saturated carbocycles. The highest BCUT2D eigenvalue weighted by Crippen LogP contribution is 2.40. The second-order valence-corrected chi connectivity index (χ2v) is 11.9. The predicted octanol–water partition coefficient (Wildman–Crippen LogP) is 4.51. The normalized spacial score (nSPS) is 22.1. The van der Waals surface area contributed by atoms with Crippen molar-refractivity contribution in [1.82, 2.24) is 19.9 Å². The van der Waals surface area contributed by atoms with Crippen LogP contribution in [0, 0.1) is 31.4 Å². The number of aromatic nitrogens is 4. The number of nitrogens with zero attached hydrogens (tertiary/aromatic N) is 4. The lowest BCUT2D eigenvalue weighted by Crippen LogP contribution is -2.40. The van der Waals surface area contributed by atoms with Gasteiger partial charge in [0.1, 0.15) is 34.1 Å². The molecule has 5 unspecified atom stereocenters. The molecule has 0 amide bonds. The first-order valence-electron chi connectivity index (χ1n) is 13.0. The Hall–Kier alpha value is -3.32. The van der Waals surface area contributed by atoms with Gasteiger partial charge in [-0.2, -0.15) is 4.98 Å². The Bertz CT molecular complexity index is 1540. The monoisotopic (exact) mass is 570 g/mol. The molecule has 5 rings (SSSR count). The molecule has 40 heavy (non-hydrogen) atoms. The van der Waals surface area contributed by atoms with Crippen LogP contribution in [0.3, 0.4) is 0 Å². The van der Waals surface area contributed by atoms with Gasteiger partial charge in [0.25, 0.3) is 0 Å². The van der Waals surface area contributed by atoms with E-state index in [9.17, 15) is 24.1 Å². The van der Waals surface area contributed by atoms with E-state index in [1.807, 2.05) is 13.0 Å². The van der Waals surface area contributed by atoms with E-state index in [0.717, 1.165) is 15.9 Å². The van der Waals surface area contributed by atoms with Gasteiger partial charge in [0.15, 0.2) is 0 Å². The molecule has 1 aliphatic carbocycles. The summed E-state index contributed by atoms with van der Waals surface area (Å²) in [5.41, 5.74) is 1.29. The number of benzene rings is 1. The van der Waals surface area contributed by atoms with E-state index in [4.69, 9.17) is 4.98 Å². The summed E-state index contributed by atoms with van der Waals surface area (Å²) in [4.78, 5) is 18.4. The van der Waals surface area contributed by atoms with Gasteiger partial charge in [-0.15, -0.1) is 11.3 Å². The third-order valence-electron chi connectivity index (χ3n) is 7.48. The minimum absolute atomic E-state index is 0.116. The second kappa shape index (κ2) is 10.6. The van der Waals surface area contributed by atoms with Crippen LogP contribution in [0.4, 0.5) is 20.5 Å². The van der Waals surface area contributed by atoms with Gasteiger partial charge in [-0.05, 0) is 59.2 Å². The van der Waals surface area contributed by atoms with Crippen LogP contribution >= 0.6 is 11.3 Å². The molecule has 0 saturated heterocycles. The number of aryl methyl sites for hydroxylation is 2. The van der Waals surface area contributed by atoms with Gasteiger partial charge in [0.2, 0.25) is 5.95 Å². The van der Waals surface area contributed by atoms with E-state index < -0.39 is 47.4 Å². The molecule has 0 aliphatic heterocycles. The van der Waals surface area contributed by atoms with Crippen LogP contribution in [0.1, 0.15) is 50.2 Å². The van der Waals surface area contributed by atoms with Crippen molar-refractivity contribution in [1.29, 1.82) is 0 Å². The topological polar surface area (TPSA) is 136 Å². The largest absolute Gasteiger partial charge is 0.390 e. The molecule has 5 atom stereocenters. The first kappa shape index (κ1) is 28.2. The van der Waals surface area contributed by atoms with E-state index >= 15 is 0 Å². The van der Waals surface area contributed by atoms with Crippen molar-refractivity contribution in [3.05, 3.63) is 59.0 Å². The fourth-order valence-corrected chi connectivity index (χ4v) is 6.44. The van der Waals surface area contributed by atoms with Gasteiger partial charge in [0, 0.05) is 17.7 Å². The molecule has 1 aliphatic rings. The van der Waals surface area contributed by atoms with Crippen LogP contribution in [0.5, 0.6) is 0 Å². The van der Waals surface area contributed by atoms with Crippen molar-refractivity contribution >= 4 is 33.3 Å². The standard InChI is InChI=1S/C28H32F2N6O3S/c1-12(20-16(29)7-6-8-17(20)30)32-27-33-13(2)21(26-35-22-14(3)31-10-9-19(22)40-26)25(36-27)34-18-11-15(28(4,5)39)23(37)24(18)38/h6-10,12,15,18,23-24,37-39H,11H2,1-5H3,(H2,32,33,34,36). The summed E-state index contributed by atoms with van der Waals surface area (Å²) in [5, 5.41) is 39.0. The smallest absolute Gasteiger partial charge is 0.225 e. The van der Waals surface area contributed by atoms with Crippen LogP contribution < -0.4 is 10.6 Å². The Morgan fingerprint density at radius 3 is 2.35 bits per heavy atom. The number of nitrogens with one attached hydrogen (secondary N) is 2. The minimum Gasteiger partial charge on any atom is -0.390 e. The van der Waals surface area contributed by atoms with E-state index in [2.05, 4.69) is 25.6 Å². The first-order valence-corrected chi connectivity index (χ1v) is 13.8. The Balaban J connectivity index is 1.57. The van der Waals surface area contributed by atoms with Crippen molar-refractivity contribution in [3.8, 4) is 10.6 Å². The third-order valence-corrected chi connectivity index (χ3v) is 8.52. The van der Waals surface area contributed by atoms with Gasteiger partial charge < -0.3 is 26.0 Å². The number of hydrogen-bond donors (Lipinski definition) is 5. The molecule has 1 fully saturated rings. The number of aliphatic hydroxyl groups excluding tert-OH is 2. The average Bonchev–Trinajstić information content (AvgIpc) is 3.41. The van der Waals surface area contributed by atoms with Crippen LogP contribution in [0.2, 0.25) is 0 Å². The number of halogens is 2. The summed E-state index contributed by atoms with van der Waals surface area (Å²) in [7, 11) is 0. The maximum Gasteiger partial charge on any atom is 0.225 e. The quantitative estimate of drug-likeness (QED) is 0.217. The molecule has 5 N–H and O–H groups in total. The van der Waals surface area contributed by atoms with E-state index in [-0.39, 0.29) is 17.9 Å². The summed E-state index contributed by atoms with van der Waals surface area (Å²) >= 11 is 1.43. The number of fused-ring (bicyclic) bond motifs is 1. The number of anilines is 2. The molecule has 3 heterocycles. The molecule has 0 radical (unpaired) electrons. The fourth-order valence-electron chi connectivity index (χ4n) is 5.33. The van der Waals surface area contributed by atoms with Gasteiger partial charge in [0.05, 0.1) is 45.4 Å². The van der Waals surface area contributed by atoms with Gasteiger partial charge in [-0.1, -0.05) is 6.07 Å². The Kier molecular flexibility index (Phi) is 7.47. The number of hydrogen-bond acceptors (Lipinski definition) is 10. The predicted molar refractivity (Wildman–Crippen MR) is 150 cm³/mol. The molecule has 12 heteroatoms. The van der Waals surface area contributed by atoms with E-state index in [1.54, 1.807) is 33.9 Å². The maximum absolute atomic E-state index is 14.4. The van der Waals surface area contributed by atoms with Crippen molar-refractivity contribution in [2.75, 3.05) is 10.6 Å². The molecule has 4 aromatic rings. The number of rotatable bonds is 7. The summed E-state index contributed by atoms with van der Waals surface area (Å²) < 4.78 is 29.8. The SMILES string of the molecule is Cc1nc(NC(C)c2c(F)cccc2F)nc(NC2CC(C(C)(C)O)C(O)C2O)c1-c1nc2c(C)nccc2s1. The van der Waals surface area contributed by atoms with Crippen molar-refractivity contribution in [3.63, 3.8) is 0 Å². The lowest BCUT2D eigenvalue weighted by molar-refractivity contribution is -0.0601. The number of pyridine rings is 1. The molecular formula is C28H32F2N6O3S. The highest BCUT2D eigenvalue weighted by Gasteiger charge is 2.48. The van der Waals surface area contributed by atoms with Crippen molar-refractivity contribution < 1.29 is 24.1 Å². The Morgan fingerprint density at radius 1 is 1.02 bits per heavy atom. The molecular weight excluding hydrogens is 538 g/mol. The average molecular weight is 571 g/mol. The number of thiazole rings is 1. The minimum atomic E-state index is -1.22. The Morgan fingerprint density at radius 2 is 1.73 bits per heavy atom. The summed E-state index contributed by atoms with van der Waals surface area (Å²) in [6, 6.07) is 4.11. The van der Waals surface area contributed by atoms with Gasteiger partial charge in [-0.25, -0.2) is 18.7 Å². The summed E-state index contributed by atoms with van der Waals surface area (Å²) in [5.74, 6) is -1.51. The molecule has 3 aromatic heterocycles.